The zero-order valence-electron chi connectivity index (χ0n) is 9.94. The molecule has 0 aliphatic carbocycles. The molecule has 0 fully saturated rings. The van der Waals surface area contributed by atoms with E-state index in [2.05, 4.69) is 10.3 Å². The molecule has 0 aliphatic rings. The number of hydrogen-bond donors (Lipinski definition) is 2. The Hall–Kier alpha value is -1.50. The first-order valence-electron chi connectivity index (χ1n) is 5.30. The highest BCUT2D eigenvalue weighted by atomic mass is 35.5. The molecule has 1 heterocycles. The van der Waals surface area contributed by atoms with Gasteiger partial charge in [0.15, 0.2) is 0 Å². The molecule has 0 aliphatic heterocycles. The summed E-state index contributed by atoms with van der Waals surface area (Å²) in [4.78, 5) is 16.8. The number of aryl methyl sites for hydroxylation is 1. The van der Waals surface area contributed by atoms with Crippen LogP contribution in [-0.4, -0.2) is 15.9 Å². The zero-order chi connectivity index (χ0) is 14.0. The molecule has 0 radical (unpaired) electrons. The van der Waals surface area contributed by atoms with E-state index < -0.39 is 0 Å². The number of halogens is 1. The van der Waals surface area contributed by atoms with E-state index in [0.717, 1.165) is 5.01 Å². The number of thiazole rings is 1. The van der Waals surface area contributed by atoms with E-state index in [0.29, 0.717) is 21.2 Å². The van der Waals surface area contributed by atoms with E-state index in [4.69, 9.17) is 29.6 Å². The van der Waals surface area contributed by atoms with Gasteiger partial charge in [0.05, 0.1) is 21.9 Å². The largest absolute Gasteiger partial charge is 0.389 e. The van der Waals surface area contributed by atoms with E-state index in [1.165, 1.54) is 17.5 Å². The molecule has 1 aromatic carbocycles. The molecular formula is C12H10ClN3OS2. The number of aromatic nitrogens is 1. The number of nitrogens with one attached hydrogen (secondary N) is 1. The molecule has 0 unspecified atom stereocenters. The fraction of sp³-hybridized carbons (Fsp3) is 0.0833. The molecular weight excluding hydrogens is 302 g/mol. The third kappa shape index (κ3) is 3.28. The van der Waals surface area contributed by atoms with Crippen LogP contribution in [0.1, 0.15) is 20.2 Å². The summed E-state index contributed by atoms with van der Waals surface area (Å²) in [5, 5.41) is 3.94. The quantitative estimate of drug-likeness (QED) is 0.855. The number of hydrogen-bond acceptors (Lipinski definition) is 4. The van der Waals surface area contributed by atoms with Crippen molar-refractivity contribution in [1.29, 1.82) is 0 Å². The van der Waals surface area contributed by atoms with Crippen molar-refractivity contribution in [2.75, 3.05) is 5.32 Å². The van der Waals surface area contributed by atoms with Crippen LogP contribution in [0.3, 0.4) is 0 Å². The van der Waals surface area contributed by atoms with Crippen LogP contribution in [0, 0.1) is 6.92 Å². The first-order chi connectivity index (χ1) is 8.97. The van der Waals surface area contributed by atoms with Gasteiger partial charge in [-0.15, -0.1) is 11.3 Å². The van der Waals surface area contributed by atoms with Gasteiger partial charge in [-0.05, 0) is 25.1 Å². The lowest BCUT2D eigenvalue weighted by atomic mass is 10.2. The Bertz CT molecular complexity index is 654. The van der Waals surface area contributed by atoms with Crippen LogP contribution in [0.25, 0.3) is 0 Å². The number of thiocarbonyl (C=S) groups is 1. The molecule has 0 spiro atoms. The van der Waals surface area contributed by atoms with E-state index in [9.17, 15) is 4.79 Å². The summed E-state index contributed by atoms with van der Waals surface area (Å²) < 4.78 is 0. The lowest BCUT2D eigenvalue weighted by molar-refractivity contribution is 0.103. The summed E-state index contributed by atoms with van der Waals surface area (Å²) in [6.07, 6.45) is 1.53. The van der Waals surface area contributed by atoms with Gasteiger partial charge in [-0.3, -0.25) is 4.79 Å². The topological polar surface area (TPSA) is 68.0 Å². The molecule has 7 heteroatoms. The van der Waals surface area contributed by atoms with E-state index in [-0.39, 0.29) is 10.9 Å². The summed E-state index contributed by atoms with van der Waals surface area (Å²) in [5.74, 6) is -0.240. The number of nitrogens with two attached hydrogens (primary N) is 1. The Labute approximate surface area is 124 Å². The van der Waals surface area contributed by atoms with Crippen molar-refractivity contribution in [3.63, 3.8) is 0 Å². The maximum absolute atomic E-state index is 11.9. The molecule has 98 valence electrons. The molecule has 0 saturated carbocycles. The van der Waals surface area contributed by atoms with Gasteiger partial charge < -0.3 is 11.1 Å². The standard InChI is InChI=1S/C12H10ClN3OS2/c1-6-15-5-10(19-6)12(17)16-9-3-2-7(11(14)18)4-8(9)13/h2-5H,1H3,(H2,14,18)(H,16,17). The summed E-state index contributed by atoms with van der Waals surface area (Å²) in [6, 6.07) is 5.00. The molecule has 0 saturated heterocycles. The summed E-state index contributed by atoms with van der Waals surface area (Å²) in [6.45, 7) is 1.84. The van der Waals surface area contributed by atoms with Gasteiger partial charge in [-0.2, -0.15) is 0 Å². The molecule has 3 N–H and O–H groups in total. The fourth-order valence-electron chi connectivity index (χ4n) is 1.42. The average molecular weight is 312 g/mol. The predicted molar refractivity (Wildman–Crippen MR) is 82.1 cm³/mol. The highest BCUT2D eigenvalue weighted by Crippen LogP contribution is 2.24. The van der Waals surface area contributed by atoms with Crippen LogP contribution in [0.5, 0.6) is 0 Å². The Morgan fingerprint density at radius 1 is 1.53 bits per heavy atom. The lowest BCUT2D eigenvalue weighted by Gasteiger charge is -2.07. The third-order valence-electron chi connectivity index (χ3n) is 2.35. The van der Waals surface area contributed by atoms with Crippen LogP contribution in [0.4, 0.5) is 5.69 Å². The van der Waals surface area contributed by atoms with Gasteiger partial charge in [-0.1, -0.05) is 23.8 Å². The van der Waals surface area contributed by atoms with Crippen molar-refractivity contribution >= 4 is 51.7 Å². The molecule has 1 aromatic heterocycles. The minimum absolute atomic E-state index is 0.240. The van der Waals surface area contributed by atoms with Crippen LogP contribution >= 0.6 is 35.2 Å². The van der Waals surface area contributed by atoms with Crippen LogP contribution in [0.15, 0.2) is 24.4 Å². The smallest absolute Gasteiger partial charge is 0.267 e. The van der Waals surface area contributed by atoms with Crippen molar-refractivity contribution in [1.82, 2.24) is 4.98 Å². The number of carbonyl (C=O) groups excluding carboxylic acids is 1. The Morgan fingerprint density at radius 2 is 2.26 bits per heavy atom. The van der Waals surface area contributed by atoms with E-state index >= 15 is 0 Å². The fourth-order valence-corrected chi connectivity index (χ4v) is 2.45. The average Bonchev–Trinajstić information content (AvgIpc) is 2.78. The third-order valence-corrected chi connectivity index (χ3v) is 3.81. The highest BCUT2D eigenvalue weighted by molar-refractivity contribution is 7.80. The molecule has 19 heavy (non-hydrogen) atoms. The lowest BCUT2D eigenvalue weighted by Crippen LogP contribution is -2.12. The molecule has 1 amide bonds. The van der Waals surface area contributed by atoms with Crippen LogP contribution < -0.4 is 11.1 Å². The number of carbonyl (C=O) groups is 1. The predicted octanol–water partition coefficient (Wildman–Crippen LogP) is 2.99. The van der Waals surface area contributed by atoms with Gasteiger partial charge in [0.25, 0.3) is 5.91 Å². The summed E-state index contributed by atoms with van der Waals surface area (Å²) in [5.41, 5.74) is 6.68. The first kappa shape index (κ1) is 13.9. The number of nitrogens with zero attached hydrogens (tertiary/aromatic N) is 1. The second-order valence-electron chi connectivity index (χ2n) is 3.76. The van der Waals surface area contributed by atoms with Crippen molar-refractivity contribution in [3.05, 3.63) is 44.9 Å². The first-order valence-corrected chi connectivity index (χ1v) is 6.91. The van der Waals surface area contributed by atoms with Crippen molar-refractivity contribution in [2.45, 2.75) is 6.92 Å². The summed E-state index contributed by atoms with van der Waals surface area (Å²) >= 11 is 12.2. The second-order valence-corrected chi connectivity index (χ2v) is 5.84. The van der Waals surface area contributed by atoms with Gasteiger partial charge in [0.1, 0.15) is 9.87 Å². The normalized spacial score (nSPS) is 10.2. The van der Waals surface area contributed by atoms with Crippen molar-refractivity contribution in [3.8, 4) is 0 Å². The highest BCUT2D eigenvalue weighted by Gasteiger charge is 2.11. The van der Waals surface area contributed by atoms with E-state index in [1.54, 1.807) is 18.2 Å². The van der Waals surface area contributed by atoms with Gasteiger partial charge in [0, 0.05) is 5.56 Å². The number of amides is 1. The second kappa shape index (κ2) is 5.64. The molecule has 2 rings (SSSR count). The Morgan fingerprint density at radius 3 is 2.79 bits per heavy atom. The maximum atomic E-state index is 11.9. The van der Waals surface area contributed by atoms with Crippen LogP contribution in [-0.2, 0) is 0 Å². The van der Waals surface area contributed by atoms with Crippen LogP contribution in [0.2, 0.25) is 5.02 Å². The molecule has 4 nitrogen and oxygen atoms in total. The van der Waals surface area contributed by atoms with Gasteiger partial charge in [-0.25, -0.2) is 4.98 Å². The molecule has 0 atom stereocenters. The monoisotopic (exact) mass is 311 g/mol. The zero-order valence-corrected chi connectivity index (χ0v) is 12.3. The van der Waals surface area contributed by atoms with E-state index in [1.807, 2.05) is 6.92 Å². The minimum Gasteiger partial charge on any atom is -0.389 e. The maximum Gasteiger partial charge on any atom is 0.267 e. The number of benzene rings is 1. The summed E-state index contributed by atoms with van der Waals surface area (Å²) in [7, 11) is 0. The molecule has 0 bridgehead atoms. The van der Waals surface area contributed by atoms with Crippen molar-refractivity contribution in [2.24, 2.45) is 5.73 Å². The Kier molecular flexibility index (Phi) is 4.14. The van der Waals surface area contributed by atoms with Gasteiger partial charge >= 0.3 is 0 Å². The number of rotatable bonds is 3. The number of anilines is 1. The van der Waals surface area contributed by atoms with Gasteiger partial charge in [0.2, 0.25) is 0 Å². The molecule has 2 aromatic rings. The SMILES string of the molecule is Cc1ncc(C(=O)Nc2ccc(C(N)=S)cc2Cl)s1. The Balaban J connectivity index is 2.20. The van der Waals surface area contributed by atoms with Crippen molar-refractivity contribution < 1.29 is 4.79 Å². The minimum atomic E-state index is -0.240.